The van der Waals surface area contributed by atoms with E-state index in [1.54, 1.807) is 11.0 Å². The predicted molar refractivity (Wildman–Crippen MR) is 150 cm³/mol. The third-order valence-electron chi connectivity index (χ3n) is 8.18. The van der Waals surface area contributed by atoms with Crippen molar-refractivity contribution in [3.8, 4) is 0 Å². The Labute approximate surface area is 236 Å². The van der Waals surface area contributed by atoms with Crippen molar-refractivity contribution in [1.82, 2.24) is 19.1 Å². The number of rotatable bonds is 8. The van der Waals surface area contributed by atoms with Gasteiger partial charge in [-0.3, -0.25) is 19.4 Å². The fourth-order valence-corrected chi connectivity index (χ4v) is 7.83. The molecule has 2 amide bonds. The summed E-state index contributed by atoms with van der Waals surface area (Å²) in [6, 6.07) is 11.7. The van der Waals surface area contributed by atoms with Gasteiger partial charge in [0.15, 0.2) is 5.78 Å². The Hall–Kier alpha value is -3.31. The molecule has 11 heteroatoms. The first kappa shape index (κ1) is 28.2. The number of carbonyl (C=O) groups is 3. The van der Waals surface area contributed by atoms with Crippen LogP contribution < -0.4 is 4.90 Å². The fourth-order valence-electron chi connectivity index (χ4n) is 6.24. The number of benzene rings is 1. The van der Waals surface area contributed by atoms with E-state index >= 15 is 0 Å². The average Bonchev–Trinajstić information content (AvgIpc) is 3.54. The van der Waals surface area contributed by atoms with Crippen molar-refractivity contribution in [2.24, 2.45) is 11.8 Å². The highest BCUT2D eigenvalue weighted by atomic mass is 32.2. The van der Waals surface area contributed by atoms with E-state index in [0.717, 1.165) is 18.8 Å². The van der Waals surface area contributed by atoms with E-state index in [0.29, 0.717) is 25.9 Å². The second-order valence-corrected chi connectivity index (χ2v) is 13.2. The number of aromatic nitrogens is 1. The molecule has 40 heavy (non-hydrogen) atoms. The topological polar surface area (TPSA) is 111 Å². The van der Waals surface area contributed by atoms with Gasteiger partial charge in [-0.25, -0.2) is 8.42 Å². The molecule has 1 aromatic carbocycles. The van der Waals surface area contributed by atoms with E-state index < -0.39 is 28.0 Å². The average molecular weight is 568 g/mol. The van der Waals surface area contributed by atoms with Crippen molar-refractivity contribution < 1.29 is 22.8 Å². The molecule has 3 aliphatic heterocycles. The predicted octanol–water partition coefficient (Wildman–Crippen LogP) is 2.03. The molecule has 10 nitrogen and oxygen atoms in total. The second-order valence-electron chi connectivity index (χ2n) is 11.3. The third kappa shape index (κ3) is 5.62. The quantitative estimate of drug-likeness (QED) is 0.480. The zero-order chi connectivity index (χ0) is 28.4. The first-order chi connectivity index (χ1) is 19.2. The molecule has 0 radical (unpaired) electrons. The standard InChI is InChI=1S/C29H37N5O5S/c1-21(2)17-22(18-27(36)32-15-13-31(14-16-32)23-7-4-3-5-8-23)29(37)33-12-10-25-28(33)26(35)20-34(25)40(38,39)24-9-6-11-30-19-24/h3-9,11,19,21-22,25,28H,10,12-18,20H2,1-2H3. The zero-order valence-electron chi connectivity index (χ0n) is 23.1. The smallest absolute Gasteiger partial charge is 0.245 e. The summed E-state index contributed by atoms with van der Waals surface area (Å²) in [5, 5.41) is 0. The third-order valence-corrected chi connectivity index (χ3v) is 10.0. The maximum atomic E-state index is 13.9. The fraction of sp³-hybridized carbons (Fsp3) is 0.517. The van der Waals surface area contributed by atoms with E-state index in [2.05, 4.69) is 22.0 Å². The van der Waals surface area contributed by atoms with E-state index in [9.17, 15) is 22.8 Å². The van der Waals surface area contributed by atoms with Crippen LogP contribution in [0.4, 0.5) is 5.69 Å². The molecule has 3 unspecified atom stereocenters. The van der Waals surface area contributed by atoms with E-state index in [4.69, 9.17) is 0 Å². The molecule has 0 spiro atoms. The number of hydrogen-bond acceptors (Lipinski definition) is 7. The molecule has 3 fully saturated rings. The lowest BCUT2D eigenvalue weighted by Gasteiger charge is -2.37. The highest BCUT2D eigenvalue weighted by molar-refractivity contribution is 7.89. The normalized spacial score (nSPS) is 22.6. The van der Waals surface area contributed by atoms with Crippen LogP contribution >= 0.6 is 0 Å². The Morgan fingerprint density at radius 2 is 1.73 bits per heavy atom. The summed E-state index contributed by atoms with van der Waals surface area (Å²) in [6.45, 7) is 6.68. The molecule has 0 bridgehead atoms. The van der Waals surface area contributed by atoms with Gasteiger partial charge >= 0.3 is 0 Å². The molecule has 0 aliphatic carbocycles. The molecule has 214 valence electrons. The minimum atomic E-state index is -3.93. The van der Waals surface area contributed by atoms with Crippen molar-refractivity contribution in [2.45, 2.75) is 50.1 Å². The highest BCUT2D eigenvalue weighted by Gasteiger charge is 2.54. The summed E-state index contributed by atoms with van der Waals surface area (Å²) in [6.07, 6.45) is 3.75. The van der Waals surface area contributed by atoms with Gasteiger partial charge < -0.3 is 14.7 Å². The van der Waals surface area contributed by atoms with Crippen LogP contribution in [0.2, 0.25) is 0 Å². The number of anilines is 1. The van der Waals surface area contributed by atoms with Gasteiger partial charge in [0.25, 0.3) is 0 Å². The Morgan fingerprint density at radius 3 is 2.38 bits per heavy atom. The summed E-state index contributed by atoms with van der Waals surface area (Å²) in [5.41, 5.74) is 1.13. The minimum Gasteiger partial charge on any atom is -0.368 e. The van der Waals surface area contributed by atoms with Gasteiger partial charge in [0.1, 0.15) is 10.9 Å². The van der Waals surface area contributed by atoms with Gasteiger partial charge in [-0.2, -0.15) is 4.31 Å². The Bertz CT molecular complexity index is 1330. The molecule has 5 rings (SSSR count). The van der Waals surface area contributed by atoms with Crippen molar-refractivity contribution >= 4 is 33.3 Å². The number of hydrogen-bond donors (Lipinski definition) is 0. The monoisotopic (exact) mass is 567 g/mol. The molecule has 3 atom stereocenters. The molecule has 1 aromatic heterocycles. The van der Waals surface area contributed by atoms with Crippen LogP contribution in [0, 0.1) is 11.8 Å². The van der Waals surface area contributed by atoms with Gasteiger partial charge in [0, 0.05) is 63.1 Å². The van der Waals surface area contributed by atoms with Crippen molar-refractivity contribution in [1.29, 1.82) is 0 Å². The van der Waals surface area contributed by atoms with Gasteiger partial charge in [0.2, 0.25) is 21.8 Å². The summed E-state index contributed by atoms with van der Waals surface area (Å²) < 4.78 is 27.8. The molecular weight excluding hydrogens is 530 g/mol. The summed E-state index contributed by atoms with van der Waals surface area (Å²) in [7, 11) is -3.93. The molecule has 3 aliphatic rings. The van der Waals surface area contributed by atoms with Crippen molar-refractivity contribution in [2.75, 3.05) is 44.2 Å². The lowest BCUT2D eigenvalue weighted by molar-refractivity contribution is -0.144. The lowest BCUT2D eigenvalue weighted by Crippen LogP contribution is -2.50. The van der Waals surface area contributed by atoms with Crippen LogP contribution in [-0.4, -0.2) is 96.5 Å². The molecule has 0 N–H and O–H groups in total. The number of amides is 2. The van der Waals surface area contributed by atoms with E-state index in [-0.39, 0.29) is 47.9 Å². The van der Waals surface area contributed by atoms with Crippen LogP contribution in [0.1, 0.15) is 33.1 Å². The number of likely N-dealkylation sites (tertiary alicyclic amines) is 1. The largest absolute Gasteiger partial charge is 0.368 e. The number of pyridine rings is 1. The number of sulfonamides is 1. The first-order valence-electron chi connectivity index (χ1n) is 14.0. The maximum absolute atomic E-state index is 13.9. The number of Topliss-reactive ketones (excluding diaryl/α,β-unsaturated/α-hetero) is 1. The number of para-hydroxylation sites is 1. The van der Waals surface area contributed by atoms with E-state index in [1.165, 1.54) is 22.8 Å². The number of piperazine rings is 1. The van der Waals surface area contributed by atoms with Crippen molar-refractivity contribution in [3.05, 3.63) is 54.9 Å². The highest BCUT2D eigenvalue weighted by Crippen LogP contribution is 2.35. The van der Waals surface area contributed by atoms with Gasteiger partial charge in [-0.15, -0.1) is 0 Å². The second kappa shape index (κ2) is 11.7. The number of ketones is 1. The van der Waals surface area contributed by atoms with Crippen LogP contribution in [0.3, 0.4) is 0 Å². The van der Waals surface area contributed by atoms with Crippen LogP contribution in [-0.2, 0) is 24.4 Å². The summed E-state index contributed by atoms with van der Waals surface area (Å²) in [5.74, 6) is -0.950. The first-order valence-corrected chi connectivity index (χ1v) is 15.4. The summed E-state index contributed by atoms with van der Waals surface area (Å²) in [4.78, 5) is 49.9. The van der Waals surface area contributed by atoms with Gasteiger partial charge in [0.05, 0.1) is 12.6 Å². The maximum Gasteiger partial charge on any atom is 0.245 e. The number of fused-ring (bicyclic) bond motifs is 1. The van der Waals surface area contributed by atoms with Gasteiger partial charge in [-0.05, 0) is 43.0 Å². The Balaban J connectivity index is 1.26. The van der Waals surface area contributed by atoms with Crippen LogP contribution in [0.25, 0.3) is 0 Å². The van der Waals surface area contributed by atoms with Gasteiger partial charge in [-0.1, -0.05) is 32.0 Å². The zero-order valence-corrected chi connectivity index (χ0v) is 23.9. The molecule has 2 aromatic rings. The van der Waals surface area contributed by atoms with Crippen molar-refractivity contribution in [3.63, 3.8) is 0 Å². The molecule has 0 saturated carbocycles. The molecule has 4 heterocycles. The lowest BCUT2D eigenvalue weighted by atomic mass is 9.91. The minimum absolute atomic E-state index is 0.0314. The van der Waals surface area contributed by atoms with Crippen LogP contribution in [0.5, 0.6) is 0 Å². The Kier molecular flexibility index (Phi) is 8.23. The Morgan fingerprint density at radius 1 is 1.00 bits per heavy atom. The summed E-state index contributed by atoms with van der Waals surface area (Å²) >= 11 is 0. The number of nitrogens with zero attached hydrogens (tertiary/aromatic N) is 5. The van der Waals surface area contributed by atoms with E-state index in [1.807, 2.05) is 36.9 Å². The molecule has 3 saturated heterocycles. The number of carbonyl (C=O) groups excluding carboxylic acids is 3. The SMILES string of the molecule is CC(C)CC(CC(=O)N1CCN(c2ccccc2)CC1)C(=O)N1CCC2C1C(=O)CN2S(=O)(=O)c1cccnc1. The van der Waals surface area contributed by atoms with Crippen LogP contribution in [0.15, 0.2) is 59.8 Å². The molecular formula is C29H37N5O5S.